The maximum absolute atomic E-state index is 14.7. The lowest BCUT2D eigenvalue weighted by molar-refractivity contribution is 0.368. The molecule has 4 rings (SSSR count). The normalized spacial score (nSPS) is 11.8. The van der Waals surface area contributed by atoms with Gasteiger partial charge in [0.25, 0.3) is 0 Å². The summed E-state index contributed by atoms with van der Waals surface area (Å²) in [5, 5.41) is 0.616. The van der Waals surface area contributed by atoms with E-state index in [1.807, 2.05) is 0 Å². The van der Waals surface area contributed by atoms with Crippen LogP contribution in [-0.4, -0.2) is 41.7 Å². The van der Waals surface area contributed by atoms with Gasteiger partial charge in [-0.1, -0.05) is 6.07 Å². The van der Waals surface area contributed by atoms with Crippen LogP contribution in [0.25, 0.3) is 11.0 Å². The van der Waals surface area contributed by atoms with Crippen LogP contribution in [0.1, 0.15) is 22.4 Å². The Morgan fingerprint density at radius 3 is 2.56 bits per heavy atom. The average molecular weight is 458 g/mol. The molecule has 32 heavy (non-hydrogen) atoms. The Labute approximate surface area is 183 Å². The number of hydrogen-bond donors (Lipinski definition) is 1. The number of rotatable bonds is 7. The second-order valence-corrected chi connectivity index (χ2v) is 9.43. The number of pyridine rings is 3. The molecule has 0 aliphatic heterocycles. The van der Waals surface area contributed by atoms with Crippen molar-refractivity contribution in [3.63, 3.8) is 0 Å². The van der Waals surface area contributed by atoms with Gasteiger partial charge in [-0.15, -0.1) is 0 Å². The van der Waals surface area contributed by atoms with Gasteiger partial charge in [-0.3, -0.25) is 0 Å². The lowest BCUT2D eigenvalue weighted by atomic mass is 10.0. The Balaban J connectivity index is 1.51. The molecule has 4 aromatic rings. The van der Waals surface area contributed by atoms with Gasteiger partial charge in [-0.2, -0.15) is 4.39 Å². The Morgan fingerprint density at radius 2 is 1.88 bits per heavy atom. The number of H-pyrrole nitrogens is 1. The van der Waals surface area contributed by atoms with Crippen molar-refractivity contribution < 1.29 is 21.9 Å². The molecular formula is C22H20F2N4O3S. The summed E-state index contributed by atoms with van der Waals surface area (Å²) in [6.45, 7) is 0. The van der Waals surface area contributed by atoms with E-state index in [9.17, 15) is 17.2 Å². The number of sulfone groups is 1. The molecule has 0 saturated heterocycles. The summed E-state index contributed by atoms with van der Waals surface area (Å²) in [5.41, 5.74) is 2.80. The Kier molecular flexibility index (Phi) is 5.88. The molecule has 4 heterocycles. The summed E-state index contributed by atoms with van der Waals surface area (Å²) in [7, 11) is -2.07. The summed E-state index contributed by atoms with van der Waals surface area (Å²) < 4.78 is 56.9. The average Bonchev–Trinajstić information content (AvgIpc) is 3.15. The highest BCUT2D eigenvalue weighted by molar-refractivity contribution is 7.90. The van der Waals surface area contributed by atoms with Gasteiger partial charge in [0.2, 0.25) is 11.8 Å². The van der Waals surface area contributed by atoms with E-state index in [0.717, 1.165) is 6.26 Å². The van der Waals surface area contributed by atoms with Crippen molar-refractivity contribution in [3.05, 3.63) is 77.0 Å². The zero-order valence-electron chi connectivity index (χ0n) is 17.4. The maximum Gasteiger partial charge on any atom is 0.250 e. The van der Waals surface area contributed by atoms with E-state index in [4.69, 9.17) is 4.74 Å². The van der Waals surface area contributed by atoms with Gasteiger partial charge in [0.15, 0.2) is 15.7 Å². The van der Waals surface area contributed by atoms with Crippen molar-refractivity contribution in [3.8, 4) is 5.88 Å². The molecule has 166 valence electrons. The maximum atomic E-state index is 14.7. The summed E-state index contributed by atoms with van der Waals surface area (Å²) in [4.78, 5) is 15.1. The fraction of sp³-hybridized carbons (Fsp3) is 0.227. The third-order valence-corrected chi connectivity index (χ3v) is 6.19. The first-order chi connectivity index (χ1) is 15.2. The number of nitrogens with zero attached hydrogens (tertiary/aromatic N) is 3. The quantitative estimate of drug-likeness (QED) is 0.426. The summed E-state index contributed by atoms with van der Waals surface area (Å²) in [6.07, 6.45) is 6.69. The highest BCUT2D eigenvalue weighted by Gasteiger charge is 2.14. The lowest BCUT2D eigenvalue weighted by Crippen LogP contribution is -2.02. The monoisotopic (exact) mass is 458 g/mol. The first-order valence-electron chi connectivity index (χ1n) is 9.73. The van der Waals surface area contributed by atoms with E-state index in [0.29, 0.717) is 46.3 Å². The third kappa shape index (κ3) is 4.59. The van der Waals surface area contributed by atoms with Crippen molar-refractivity contribution in [2.75, 3.05) is 13.4 Å². The SMILES string of the molecule is COc1ncc(CCc2ccc(Cc3c[nH]c4ncc(S(C)(=O)=O)cc34)c(F)n2)cc1F. The molecule has 1 N–H and O–H groups in total. The first kappa shape index (κ1) is 21.8. The van der Waals surface area contributed by atoms with Crippen LogP contribution >= 0.6 is 0 Å². The fourth-order valence-electron chi connectivity index (χ4n) is 3.39. The predicted molar refractivity (Wildman–Crippen MR) is 114 cm³/mol. The number of aryl methyl sites for hydroxylation is 2. The molecule has 0 spiro atoms. The molecule has 0 atom stereocenters. The molecule has 0 aliphatic carbocycles. The van der Waals surface area contributed by atoms with E-state index in [1.54, 1.807) is 18.3 Å². The van der Waals surface area contributed by atoms with E-state index < -0.39 is 21.6 Å². The summed E-state index contributed by atoms with van der Waals surface area (Å²) in [5.74, 6) is -1.23. The molecule has 4 aromatic heterocycles. The van der Waals surface area contributed by atoms with Gasteiger partial charge >= 0.3 is 0 Å². The predicted octanol–water partition coefficient (Wildman–Crippen LogP) is 3.42. The fourth-order valence-corrected chi connectivity index (χ4v) is 3.97. The molecule has 0 radical (unpaired) electrons. The van der Waals surface area contributed by atoms with Crippen LogP contribution in [0, 0.1) is 11.8 Å². The number of halogens is 2. The van der Waals surface area contributed by atoms with Gasteiger partial charge in [0.05, 0.1) is 12.0 Å². The molecule has 0 unspecified atom stereocenters. The molecule has 10 heteroatoms. The standard InChI is InChI=1S/C22H20F2N4O3S/c1-31-22-19(23)7-13(10-27-22)3-5-16-6-4-14(20(24)28-16)8-15-11-25-21-18(15)9-17(12-26-21)32(2,29)30/h4,6-7,9-12H,3,5,8H2,1-2H3,(H,25,26). The molecule has 0 saturated carbocycles. The largest absolute Gasteiger partial charge is 0.479 e. The second kappa shape index (κ2) is 8.62. The molecule has 0 fully saturated rings. The van der Waals surface area contributed by atoms with E-state index in [-0.39, 0.29) is 17.2 Å². The van der Waals surface area contributed by atoms with Crippen LogP contribution in [0.15, 0.2) is 47.8 Å². The molecule has 0 aromatic carbocycles. The van der Waals surface area contributed by atoms with Crippen molar-refractivity contribution in [1.29, 1.82) is 0 Å². The Bertz CT molecular complexity index is 1400. The van der Waals surface area contributed by atoms with Crippen molar-refractivity contribution in [1.82, 2.24) is 19.9 Å². The summed E-state index contributed by atoms with van der Waals surface area (Å²) in [6, 6.07) is 6.25. The highest BCUT2D eigenvalue weighted by atomic mass is 32.2. The summed E-state index contributed by atoms with van der Waals surface area (Å²) >= 11 is 0. The van der Waals surface area contributed by atoms with Gasteiger partial charge in [0, 0.05) is 47.9 Å². The highest BCUT2D eigenvalue weighted by Crippen LogP contribution is 2.24. The number of ether oxygens (including phenoxy) is 1. The molecule has 0 amide bonds. The zero-order chi connectivity index (χ0) is 22.9. The number of fused-ring (bicyclic) bond motifs is 1. The minimum atomic E-state index is -3.41. The van der Waals surface area contributed by atoms with Gasteiger partial charge in [-0.05, 0) is 42.2 Å². The smallest absolute Gasteiger partial charge is 0.250 e. The minimum Gasteiger partial charge on any atom is -0.479 e. The number of methoxy groups -OCH3 is 1. The van der Waals surface area contributed by atoms with Crippen LogP contribution in [0.2, 0.25) is 0 Å². The number of nitrogens with one attached hydrogen (secondary N) is 1. The van der Waals surface area contributed by atoms with Crippen LogP contribution in [0.5, 0.6) is 5.88 Å². The van der Waals surface area contributed by atoms with Crippen LogP contribution in [0.4, 0.5) is 8.78 Å². The van der Waals surface area contributed by atoms with Crippen LogP contribution in [-0.2, 0) is 29.1 Å². The zero-order valence-corrected chi connectivity index (χ0v) is 18.2. The van der Waals surface area contributed by atoms with Crippen molar-refractivity contribution in [2.24, 2.45) is 0 Å². The number of aromatic nitrogens is 4. The van der Waals surface area contributed by atoms with Crippen LogP contribution < -0.4 is 4.74 Å². The van der Waals surface area contributed by atoms with Gasteiger partial charge in [-0.25, -0.2) is 27.8 Å². The van der Waals surface area contributed by atoms with Gasteiger partial charge < -0.3 is 9.72 Å². The lowest BCUT2D eigenvalue weighted by Gasteiger charge is -2.07. The molecule has 7 nitrogen and oxygen atoms in total. The minimum absolute atomic E-state index is 0.0709. The van der Waals surface area contributed by atoms with E-state index in [2.05, 4.69) is 19.9 Å². The van der Waals surface area contributed by atoms with Crippen LogP contribution in [0.3, 0.4) is 0 Å². The molecule has 0 bridgehead atoms. The van der Waals surface area contributed by atoms with Gasteiger partial charge in [0.1, 0.15) is 5.65 Å². The van der Waals surface area contributed by atoms with Crippen molar-refractivity contribution in [2.45, 2.75) is 24.2 Å². The Morgan fingerprint density at radius 1 is 1.06 bits per heavy atom. The van der Waals surface area contributed by atoms with Crippen molar-refractivity contribution >= 4 is 20.9 Å². The van der Waals surface area contributed by atoms with E-state index in [1.165, 1.54) is 31.6 Å². The Hall–Kier alpha value is -3.40. The number of aromatic amines is 1. The molecular weight excluding hydrogens is 438 g/mol. The second-order valence-electron chi connectivity index (χ2n) is 7.42. The topological polar surface area (TPSA) is 97.8 Å². The van der Waals surface area contributed by atoms with E-state index >= 15 is 0 Å². The molecule has 0 aliphatic rings. The third-order valence-electron chi connectivity index (χ3n) is 5.11. The number of hydrogen-bond acceptors (Lipinski definition) is 6. The first-order valence-corrected chi connectivity index (χ1v) is 11.6.